The Morgan fingerprint density at radius 2 is 0.727 bits per heavy atom. The first kappa shape index (κ1) is 21.9. The van der Waals surface area contributed by atoms with E-state index in [0.717, 1.165) is 44.9 Å². The molecule has 0 heterocycles. The van der Waals surface area contributed by atoms with E-state index in [1.807, 2.05) is 0 Å². The number of aliphatic hydroxyl groups excluding tert-OH is 2. The van der Waals surface area contributed by atoms with E-state index in [9.17, 15) is 10.2 Å². The van der Waals surface area contributed by atoms with Crippen molar-refractivity contribution in [1.29, 1.82) is 0 Å². The Morgan fingerprint density at radius 3 is 1.14 bits per heavy atom. The molecule has 0 aromatic rings. The van der Waals surface area contributed by atoms with E-state index in [2.05, 4.69) is 13.8 Å². The molecule has 134 valence electrons. The number of hydrogen-bond donors (Lipinski definition) is 2. The van der Waals surface area contributed by atoms with Gasteiger partial charge in [-0.1, -0.05) is 90.9 Å². The van der Waals surface area contributed by atoms with E-state index >= 15 is 0 Å². The second-order valence-electron chi connectivity index (χ2n) is 7.00. The molecule has 2 atom stereocenters. The van der Waals surface area contributed by atoms with Crippen LogP contribution in [0, 0.1) is 0 Å². The summed E-state index contributed by atoms with van der Waals surface area (Å²) in [6.45, 7) is 4.46. The van der Waals surface area contributed by atoms with Gasteiger partial charge >= 0.3 is 0 Å². The van der Waals surface area contributed by atoms with E-state index in [1.165, 1.54) is 57.8 Å². The largest absolute Gasteiger partial charge is 0.393 e. The van der Waals surface area contributed by atoms with Gasteiger partial charge in [-0.2, -0.15) is 0 Å². The Bertz CT molecular complexity index is 206. The standard InChI is InChI=1S/C20H42O2/c1-3-5-7-9-10-12-16-20(22)18-14-13-17-19(21)15-11-8-6-4-2/h19-22H,3-18H2,1-2H3. The normalized spacial score (nSPS) is 14.2. The third-order valence-corrected chi connectivity index (χ3v) is 4.61. The molecule has 0 rings (SSSR count). The van der Waals surface area contributed by atoms with Crippen molar-refractivity contribution in [1.82, 2.24) is 0 Å². The zero-order valence-corrected chi connectivity index (χ0v) is 15.4. The van der Waals surface area contributed by atoms with Crippen LogP contribution >= 0.6 is 0 Å². The van der Waals surface area contributed by atoms with Crippen molar-refractivity contribution in [3.8, 4) is 0 Å². The smallest absolute Gasteiger partial charge is 0.0540 e. The lowest BCUT2D eigenvalue weighted by Gasteiger charge is -2.12. The molecule has 0 saturated heterocycles. The highest BCUT2D eigenvalue weighted by Gasteiger charge is 2.06. The highest BCUT2D eigenvalue weighted by molar-refractivity contribution is 4.60. The zero-order chi connectivity index (χ0) is 16.5. The molecule has 0 aromatic carbocycles. The van der Waals surface area contributed by atoms with Crippen LogP contribution in [0.4, 0.5) is 0 Å². The minimum absolute atomic E-state index is 0.118. The number of rotatable bonds is 17. The molecule has 0 bridgehead atoms. The first-order valence-electron chi connectivity index (χ1n) is 10.1. The Labute approximate surface area is 139 Å². The van der Waals surface area contributed by atoms with Crippen LogP contribution in [0.1, 0.15) is 117 Å². The monoisotopic (exact) mass is 314 g/mol. The van der Waals surface area contributed by atoms with Gasteiger partial charge in [0.2, 0.25) is 0 Å². The molecule has 2 nitrogen and oxygen atoms in total. The van der Waals surface area contributed by atoms with Crippen molar-refractivity contribution in [2.75, 3.05) is 0 Å². The van der Waals surface area contributed by atoms with Crippen molar-refractivity contribution in [3.63, 3.8) is 0 Å². The lowest BCUT2D eigenvalue weighted by molar-refractivity contribution is 0.132. The number of aliphatic hydroxyl groups is 2. The average Bonchev–Trinajstić information content (AvgIpc) is 2.51. The second kappa shape index (κ2) is 17.3. The fourth-order valence-electron chi connectivity index (χ4n) is 3.02. The summed E-state index contributed by atoms with van der Waals surface area (Å²) in [6, 6.07) is 0. The fraction of sp³-hybridized carbons (Fsp3) is 1.00. The van der Waals surface area contributed by atoms with Crippen LogP contribution in [0.25, 0.3) is 0 Å². The Morgan fingerprint density at radius 1 is 0.455 bits per heavy atom. The topological polar surface area (TPSA) is 40.5 Å². The number of unbranched alkanes of at least 4 members (excludes halogenated alkanes) is 9. The maximum atomic E-state index is 9.96. The molecule has 0 aliphatic carbocycles. The van der Waals surface area contributed by atoms with E-state index < -0.39 is 0 Å². The van der Waals surface area contributed by atoms with Crippen LogP contribution in [-0.4, -0.2) is 22.4 Å². The van der Waals surface area contributed by atoms with Gasteiger partial charge in [-0.15, -0.1) is 0 Å². The van der Waals surface area contributed by atoms with Crippen LogP contribution in [0.3, 0.4) is 0 Å². The van der Waals surface area contributed by atoms with Gasteiger partial charge in [0.1, 0.15) is 0 Å². The summed E-state index contributed by atoms with van der Waals surface area (Å²) in [4.78, 5) is 0. The SMILES string of the molecule is CCCCCCCCC(O)CCCCC(O)CCCCCC. The number of hydrogen-bond acceptors (Lipinski definition) is 2. The molecule has 2 N–H and O–H groups in total. The highest BCUT2D eigenvalue weighted by atomic mass is 16.3. The predicted octanol–water partition coefficient (Wildman–Crippen LogP) is 5.99. The summed E-state index contributed by atoms with van der Waals surface area (Å²) in [6.07, 6.45) is 18.4. The van der Waals surface area contributed by atoms with E-state index in [0.29, 0.717) is 0 Å². The molecule has 0 spiro atoms. The van der Waals surface area contributed by atoms with Crippen LogP contribution in [-0.2, 0) is 0 Å². The van der Waals surface area contributed by atoms with Gasteiger partial charge in [0.25, 0.3) is 0 Å². The first-order chi connectivity index (χ1) is 10.7. The predicted molar refractivity (Wildman–Crippen MR) is 97.2 cm³/mol. The van der Waals surface area contributed by atoms with Crippen molar-refractivity contribution < 1.29 is 10.2 Å². The van der Waals surface area contributed by atoms with Crippen molar-refractivity contribution >= 4 is 0 Å². The van der Waals surface area contributed by atoms with Gasteiger partial charge in [-0.25, -0.2) is 0 Å². The molecule has 0 amide bonds. The van der Waals surface area contributed by atoms with Gasteiger partial charge in [0.15, 0.2) is 0 Å². The molecular weight excluding hydrogens is 272 g/mol. The molecule has 0 saturated carbocycles. The van der Waals surface area contributed by atoms with Crippen LogP contribution in [0.15, 0.2) is 0 Å². The molecular formula is C20H42O2. The first-order valence-corrected chi connectivity index (χ1v) is 10.1. The summed E-state index contributed by atoms with van der Waals surface area (Å²) in [5.41, 5.74) is 0. The Balaban J connectivity index is 3.28. The Kier molecular flexibility index (Phi) is 17.2. The quantitative estimate of drug-likeness (QED) is 0.324. The molecule has 0 aliphatic rings. The van der Waals surface area contributed by atoms with Crippen molar-refractivity contribution in [3.05, 3.63) is 0 Å². The van der Waals surface area contributed by atoms with Gasteiger partial charge in [0, 0.05) is 0 Å². The van der Waals surface area contributed by atoms with Gasteiger partial charge in [0.05, 0.1) is 12.2 Å². The van der Waals surface area contributed by atoms with Gasteiger partial charge < -0.3 is 10.2 Å². The summed E-state index contributed by atoms with van der Waals surface area (Å²) in [5, 5.41) is 19.9. The fourth-order valence-corrected chi connectivity index (χ4v) is 3.02. The third kappa shape index (κ3) is 16.3. The second-order valence-corrected chi connectivity index (χ2v) is 7.00. The summed E-state index contributed by atoms with van der Waals surface area (Å²) >= 11 is 0. The summed E-state index contributed by atoms with van der Waals surface area (Å²) in [5.74, 6) is 0. The minimum atomic E-state index is -0.118. The van der Waals surface area contributed by atoms with Crippen LogP contribution < -0.4 is 0 Å². The van der Waals surface area contributed by atoms with Gasteiger partial charge in [-0.3, -0.25) is 0 Å². The molecule has 2 heteroatoms. The molecule has 2 unspecified atom stereocenters. The van der Waals surface area contributed by atoms with Crippen LogP contribution in [0.2, 0.25) is 0 Å². The maximum absolute atomic E-state index is 9.96. The van der Waals surface area contributed by atoms with Crippen LogP contribution in [0.5, 0.6) is 0 Å². The van der Waals surface area contributed by atoms with E-state index in [1.54, 1.807) is 0 Å². The Hall–Kier alpha value is -0.0800. The highest BCUT2D eigenvalue weighted by Crippen LogP contribution is 2.15. The molecule has 0 aromatic heterocycles. The van der Waals surface area contributed by atoms with Crippen molar-refractivity contribution in [2.24, 2.45) is 0 Å². The van der Waals surface area contributed by atoms with E-state index in [-0.39, 0.29) is 12.2 Å². The summed E-state index contributed by atoms with van der Waals surface area (Å²) in [7, 11) is 0. The van der Waals surface area contributed by atoms with E-state index in [4.69, 9.17) is 0 Å². The minimum Gasteiger partial charge on any atom is -0.393 e. The zero-order valence-electron chi connectivity index (χ0n) is 15.4. The molecule has 0 fully saturated rings. The lowest BCUT2D eigenvalue weighted by atomic mass is 10.0. The van der Waals surface area contributed by atoms with Gasteiger partial charge in [-0.05, 0) is 25.7 Å². The lowest BCUT2D eigenvalue weighted by Crippen LogP contribution is -2.09. The third-order valence-electron chi connectivity index (χ3n) is 4.61. The molecule has 0 radical (unpaired) electrons. The molecule has 22 heavy (non-hydrogen) atoms. The molecule has 0 aliphatic heterocycles. The maximum Gasteiger partial charge on any atom is 0.0540 e. The van der Waals surface area contributed by atoms with Crippen molar-refractivity contribution in [2.45, 2.75) is 129 Å². The average molecular weight is 315 g/mol. The summed E-state index contributed by atoms with van der Waals surface area (Å²) < 4.78 is 0.